The van der Waals surface area contributed by atoms with Gasteiger partial charge in [0.15, 0.2) is 6.29 Å². The number of nitrogens with two attached hydrogens (primary N) is 1. The number of carbonyl (C=O) groups excluding carboxylic acids is 1. The molecule has 12 rings (SSSR count). The molecule has 0 unspecified atom stereocenters. The number of hydrogen-bond donors (Lipinski definition) is 4. The predicted molar refractivity (Wildman–Crippen MR) is 260 cm³/mol. The standard InChI is InChI=1S/C26H22F2N4O3.C14H16FN3O.C12H6FNO3/c27-14-1-7-23-19(9-14)25-20(26(34)35-23)11-17(31-25)13-29-16-2-4-18(5-3-16)32-22-10-15(28)12-30-21(22)6-8-24(32)33;15-9-7-13-12(17-8-9)5-6-14(19)18(13)11-3-1-10(16)2-4-11;13-6-1-2-10-8(3-6)11-9(12(16)17-10)4-7(5-15)14-11/h1,6-12,16,18,29,31H,2-5,13H2;5-8,10-11H,1-4,16H2;1-5,14H. The van der Waals surface area contributed by atoms with Gasteiger partial charge < -0.3 is 39.0 Å². The Bertz CT molecular complexity index is 3920. The van der Waals surface area contributed by atoms with Gasteiger partial charge in [0.05, 0.1) is 62.0 Å². The molecule has 0 amide bonds. The van der Waals surface area contributed by atoms with Gasteiger partial charge in [-0.25, -0.2) is 27.2 Å². The number of aromatic amines is 2. The second-order valence-corrected chi connectivity index (χ2v) is 17.9. The van der Waals surface area contributed by atoms with Crippen molar-refractivity contribution in [2.45, 2.75) is 82.1 Å². The molecule has 0 saturated heterocycles. The van der Waals surface area contributed by atoms with Gasteiger partial charge in [0.1, 0.15) is 34.4 Å². The number of nitrogens with zero attached hydrogens (tertiary/aromatic N) is 4. The van der Waals surface area contributed by atoms with E-state index >= 15 is 0 Å². The minimum Gasteiger partial charge on any atom is -0.422 e. The highest BCUT2D eigenvalue weighted by Crippen LogP contribution is 2.32. The summed E-state index contributed by atoms with van der Waals surface area (Å²) in [4.78, 5) is 73.5. The van der Waals surface area contributed by atoms with Gasteiger partial charge in [0, 0.05) is 71.4 Å². The normalized spacial score (nSPS) is 18.2. The van der Waals surface area contributed by atoms with Gasteiger partial charge in [-0.2, -0.15) is 0 Å². The van der Waals surface area contributed by atoms with Crippen LogP contribution < -0.4 is 33.4 Å². The molecule has 2 aliphatic carbocycles. The summed E-state index contributed by atoms with van der Waals surface area (Å²) in [5.74, 6) is -1.72. The Balaban J connectivity index is 0.000000136. The van der Waals surface area contributed by atoms with Crippen LogP contribution in [0, 0.1) is 23.3 Å². The second kappa shape index (κ2) is 19.4. The summed E-state index contributed by atoms with van der Waals surface area (Å²) >= 11 is 0. The number of aldehydes is 1. The zero-order chi connectivity index (χ0) is 49.5. The van der Waals surface area contributed by atoms with Crippen molar-refractivity contribution in [1.82, 2.24) is 34.4 Å². The predicted octanol–water partition coefficient (Wildman–Crippen LogP) is 8.74. The van der Waals surface area contributed by atoms with Crippen LogP contribution in [0.5, 0.6) is 0 Å². The number of pyridine rings is 4. The highest BCUT2D eigenvalue weighted by molar-refractivity contribution is 6.04. The maximum absolute atomic E-state index is 13.8. The summed E-state index contributed by atoms with van der Waals surface area (Å²) in [6.45, 7) is 0.504. The Morgan fingerprint density at radius 2 is 1.08 bits per heavy atom. The van der Waals surface area contributed by atoms with Crippen LogP contribution in [0.15, 0.2) is 125 Å². The molecular formula is C52H44F4N8O7. The van der Waals surface area contributed by atoms with Crippen LogP contribution >= 0.6 is 0 Å². The molecule has 2 aromatic carbocycles. The Morgan fingerprint density at radius 1 is 0.592 bits per heavy atom. The second-order valence-electron chi connectivity index (χ2n) is 17.9. The quantitative estimate of drug-likeness (QED) is 0.0702. The van der Waals surface area contributed by atoms with Gasteiger partial charge in [-0.05, 0) is 112 Å². The third-order valence-electron chi connectivity index (χ3n) is 13.3. The van der Waals surface area contributed by atoms with Crippen LogP contribution in [0.4, 0.5) is 17.6 Å². The number of halogens is 4. The Labute approximate surface area is 397 Å². The van der Waals surface area contributed by atoms with E-state index < -0.39 is 34.5 Å². The van der Waals surface area contributed by atoms with Crippen molar-refractivity contribution >= 4 is 72.1 Å². The van der Waals surface area contributed by atoms with E-state index in [2.05, 4.69) is 25.3 Å². The van der Waals surface area contributed by atoms with Crippen molar-refractivity contribution < 1.29 is 31.2 Å². The molecule has 0 aliphatic heterocycles. The lowest BCUT2D eigenvalue weighted by atomic mass is 9.90. The zero-order valence-electron chi connectivity index (χ0n) is 37.7. The van der Waals surface area contributed by atoms with Gasteiger partial charge in [0.25, 0.3) is 11.1 Å². The zero-order valence-corrected chi connectivity index (χ0v) is 37.7. The number of fused-ring (bicyclic) bond motifs is 8. The van der Waals surface area contributed by atoms with Crippen LogP contribution in [0.3, 0.4) is 0 Å². The van der Waals surface area contributed by atoms with Gasteiger partial charge in [0.2, 0.25) is 0 Å². The Morgan fingerprint density at radius 3 is 1.61 bits per heavy atom. The van der Waals surface area contributed by atoms with Gasteiger partial charge in [-0.15, -0.1) is 0 Å². The monoisotopic (exact) mass is 968 g/mol. The minimum atomic E-state index is -0.552. The maximum Gasteiger partial charge on any atom is 0.345 e. The molecule has 8 aromatic heterocycles. The lowest BCUT2D eigenvalue weighted by Gasteiger charge is -2.31. The van der Waals surface area contributed by atoms with E-state index in [4.69, 9.17) is 14.6 Å². The van der Waals surface area contributed by atoms with Crippen molar-refractivity contribution in [3.63, 3.8) is 0 Å². The molecule has 5 N–H and O–H groups in total. The summed E-state index contributed by atoms with van der Waals surface area (Å²) in [6, 6.07) is 20.6. The maximum atomic E-state index is 13.8. The Kier molecular flexibility index (Phi) is 12.8. The van der Waals surface area contributed by atoms with E-state index in [0.29, 0.717) is 67.7 Å². The number of H-pyrrole nitrogens is 2. The van der Waals surface area contributed by atoms with Crippen molar-refractivity contribution in [3.05, 3.63) is 174 Å². The molecule has 10 aromatic rings. The van der Waals surface area contributed by atoms with Crippen molar-refractivity contribution in [2.24, 2.45) is 5.73 Å². The van der Waals surface area contributed by atoms with E-state index in [-0.39, 0.29) is 51.9 Å². The first-order valence-corrected chi connectivity index (χ1v) is 23.1. The van der Waals surface area contributed by atoms with Crippen LogP contribution in [-0.2, 0) is 6.54 Å². The summed E-state index contributed by atoms with van der Waals surface area (Å²) in [6.07, 6.45) is 9.66. The van der Waals surface area contributed by atoms with Crippen LogP contribution in [0.2, 0.25) is 0 Å². The third-order valence-corrected chi connectivity index (χ3v) is 13.3. The molecule has 15 nitrogen and oxygen atoms in total. The van der Waals surface area contributed by atoms with E-state index in [1.807, 2.05) is 0 Å². The minimum absolute atomic E-state index is 0.0215. The fraction of sp³-hybridized carbons (Fsp3) is 0.250. The molecule has 0 bridgehead atoms. The molecule has 0 radical (unpaired) electrons. The van der Waals surface area contributed by atoms with Gasteiger partial charge in [-0.1, -0.05) is 0 Å². The smallest absolute Gasteiger partial charge is 0.345 e. The summed E-state index contributed by atoms with van der Waals surface area (Å²) < 4.78 is 67.8. The number of benzene rings is 2. The van der Waals surface area contributed by atoms with E-state index in [0.717, 1.165) is 63.3 Å². The average Bonchev–Trinajstić information content (AvgIpc) is 4.02. The number of rotatable bonds is 6. The SMILES string of the molecule is NC1CCC(n2c(=O)ccc3ncc(F)cc32)CC1.O=Cc1cc2c(=O)oc3ccc(F)cc3c2[nH]1.O=c1oc2ccc(F)cc2c2[nH]c(CNC3CCC(n4c(=O)ccc5ncc(F)cc54)CC3)cc12. The van der Waals surface area contributed by atoms with Gasteiger partial charge in [-0.3, -0.25) is 24.4 Å². The summed E-state index contributed by atoms with van der Waals surface area (Å²) in [5, 5.41) is 5.11. The lowest BCUT2D eigenvalue weighted by molar-refractivity contribution is 0.111. The van der Waals surface area contributed by atoms with E-state index in [9.17, 15) is 41.5 Å². The largest absolute Gasteiger partial charge is 0.422 e. The van der Waals surface area contributed by atoms with Crippen molar-refractivity contribution in [3.8, 4) is 0 Å². The first-order valence-electron chi connectivity index (χ1n) is 23.1. The van der Waals surface area contributed by atoms with Gasteiger partial charge >= 0.3 is 11.3 Å². The molecule has 2 fully saturated rings. The van der Waals surface area contributed by atoms with Crippen molar-refractivity contribution in [1.29, 1.82) is 0 Å². The summed E-state index contributed by atoms with van der Waals surface area (Å²) in [5.41, 5.74) is 9.62. The number of carbonyl (C=O) groups is 1. The highest BCUT2D eigenvalue weighted by Gasteiger charge is 2.25. The van der Waals surface area contributed by atoms with Crippen molar-refractivity contribution in [2.75, 3.05) is 0 Å². The molecule has 19 heteroatoms. The number of hydrogen-bond acceptors (Lipinski definition) is 11. The first kappa shape index (κ1) is 46.7. The first-order chi connectivity index (χ1) is 34.3. The van der Waals surface area contributed by atoms with Crippen LogP contribution in [0.25, 0.3) is 65.8 Å². The molecule has 2 saturated carbocycles. The third kappa shape index (κ3) is 9.52. The molecular weight excluding hydrogens is 925 g/mol. The number of nitrogens with one attached hydrogen (secondary N) is 3. The van der Waals surface area contributed by atoms with E-state index in [1.165, 1.54) is 72.9 Å². The average molecular weight is 969 g/mol. The fourth-order valence-corrected chi connectivity index (χ4v) is 9.90. The number of aromatic nitrogens is 6. The molecule has 71 heavy (non-hydrogen) atoms. The summed E-state index contributed by atoms with van der Waals surface area (Å²) in [7, 11) is 0. The van der Waals surface area contributed by atoms with Crippen LogP contribution in [-0.4, -0.2) is 47.4 Å². The lowest BCUT2D eigenvalue weighted by Crippen LogP contribution is -2.35. The molecule has 0 spiro atoms. The highest BCUT2D eigenvalue weighted by atomic mass is 19.1. The Hall–Kier alpha value is -8.03. The fourth-order valence-electron chi connectivity index (χ4n) is 9.90. The molecule has 8 heterocycles. The van der Waals surface area contributed by atoms with E-state index in [1.54, 1.807) is 27.3 Å². The van der Waals surface area contributed by atoms with Crippen LogP contribution in [0.1, 0.15) is 79.6 Å². The molecule has 2 aliphatic rings. The molecule has 362 valence electrons. The topological polar surface area (TPSA) is 217 Å². The molecule has 0 atom stereocenters.